The number of benzene rings is 6. The van der Waals surface area contributed by atoms with E-state index in [4.69, 9.17) is 23.7 Å². The zero-order valence-electron chi connectivity index (χ0n) is 49.4. The standard InChI is InChI=1S/C67H85NO8/c1-63(2,3)51-27-41-21-39-37-56(68(70)71)38-40(57(39)69)22-42-28-52(64(4,5)6)30-44(59(42)73-17)24-46-32-54(66(10,11)12)34-48(61(46)75-19)26-50-36-55(67(13,14)15)35-49(62(50)76-20)25-47-33-53(65(7,8)9)31-45(60(47)74-18)23-43(29-51)58(41)72-16/h27-38,69H,21-26H2,1-20H3. The summed E-state index contributed by atoms with van der Waals surface area (Å²) < 4.78 is 32.5. The van der Waals surface area contributed by atoms with E-state index in [-0.39, 0.29) is 56.3 Å². The van der Waals surface area contributed by atoms with E-state index in [1.54, 1.807) is 35.5 Å². The van der Waals surface area contributed by atoms with Crippen LogP contribution in [0.25, 0.3) is 0 Å². The SMILES string of the molecule is COc1c2cc(C(C)(C)C)cc1Cc1cc(C(C)(C)C)cc(c1OC)Cc1cc(C(C)(C)C)cc(c1OC)Cc1cc(C(C)(C)C)cc(c1OC)Cc1cc(C(C)(C)C)cc(c1OC)Cc1cc([N+](=O)[O-])cc(c1O)C2. The van der Waals surface area contributed by atoms with Crippen molar-refractivity contribution >= 4 is 5.69 Å². The van der Waals surface area contributed by atoms with Gasteiger partial charge in [-0.25, -0.2) is 0 Å². The molecule has 0 atom stereocenters. The summed E-state index contributed by atoms with van der Waals surface area (Å²) in [6.45, 7) is 33.3. The van der Waals surface area contributed by atoms with Gasteiger partial charge < -0.3 is 28.8 Å². The van der Waals surface area contributed by atoms with Crippen LogP contribution < -0.4 is 23.7 Å². The second-order valence-electron chi connectivity index (χ2n) is 26.3. The Labute approximate surface area is 454 Å². The summed E-state index contributed by atoms with van der Waals surface area (Å²) in [5.41, 5.74) is 14.9. The number of aromatic hydroxyl groups is 1. The molecule has 1 aliphatic rings. The maximum atomic E-state index is 12.9. The first-order chi connectivity index (χ1) is 35.3. The van der Waals surface area contributed by atoms with Crippen molar-refractivity contribution < 1.29 is 33.7 Å². The van der Waals surface area contributed by atoms with Crippen molar-refractivity contribution in [2.45, 2.75) is 169 Å². The van der Waals surface area contributed by atoms with Crippen molar-refractivity contribution in [2.24, 2.45) is 0 Å². The molecule has 0 spiro atoms. The molecule has 0 aliphatic heterocycles. The molecule has 0 heterocycles. The summed E-state index contributed by atoms with van der Waals surface area (Å²) >= 11 is 0. The van der Waals surface area contributed by atoms with E-state index in [9.17, 15) is 15.2 Å². The van der Waals surface area contributed by atoms with Crippen LogP contribution in [0.2, 0.25) is 0 Å². The largest absolute Gasteiger partial charge is 0.507 e. The number of rotatable bonds is 6. The lowest BCUT2D eigenvalue weighted by molar-refractivity contribution is -0.385. The first-order valence-electron chi connectivity index (χ1n) is 26.8. The third-order valence-corrected chi connectivity index (χ3v) is 15.3. The van der Waals surface area contributed by atoms with E-state index >= 15 is 0 Å². The minimum atomic E-state index is -0.378. The van der Waals surface area contributed by atoms with Crippen molar-refractivity contribution in [1.82, 2.24) is 0 Å². The summed E-state index contributed by atoms with van der Waals surface area (Å²) in [6.07, 6.45) is 2.36. The van der Waals surface area contributed by atoms with Gasteiger partial charge in [-0.15, -0.1) is 0 Å². The van der Waals surface area contributed by atoms with Gasteiger partial charge in [-0.05, 0) is 111 Å². The van der Waals surface area contributed by atoms with Gasteiger partial charge in [0.05, 0.1) is 40.5 Å². The van der Waals surface area contributed by atoms with Gasteiger partial charge in [-0.3, -0.25) is 10.1 Å². The minimum Gasteiger partial charge on any atom is -0.507 e. The molecule has 0 unspecified atom stereocenters. The molecule has 406 valence electrons. The highest BCUT2D eigenvalue weighted by atomic mass is 16.6. The Morgan fingerprint density at radius 1 is 0.329 bits per heavy atom. The molecule has 0 saturated heterocycles. The fourth-order valence-electron chi connectivity index (χ4n) is 10.9. The molecule has 7 rings (SSSR count). The Bertz CT molecular complexity index is 2990. The molecule has 9 nitrogen and oxygen atoms in total. The summed E-state index contributed by atoms with van der Waals surface area (Å²) in [5, 5.41) is 25.4. The maximum absolute atomic E-state index is 12.9. The number of nitrogens with zero attached hydrogens (tertiary/aromatic N) is 1. The summed E-state index contributed by atoms with van der Waals surface area (Å²) in [7, 11) is 8.63. The van der Waals surface area contributed by atoms with Gasteiger partial charge >= 0.3 is 0 Å². The summed E-state index contributed by atoms with van der Waals surface area (Å²) in [5.74, 6) is 3.71. The highest BCUT2D eigenvalue weighted by Gasteiger charge is 2.30. The van der Waals surface area contributed by atoms with Gasteiger partial charge in [0.15, 0.2) is 0 Å². The van der Waals surface area contributed by atoms with Crippen LogP contribution in [0, 0.1) is 10.1 Å². The van der Waals surface area contributed by atoms with Crippen molar-refractivity contribution in [2.75, 3.05) is 35.5 Å². The van der Waals surface area contributed by atoms with Crippen LogP contribution in [0.1, 0.15) is 198 Å². The quantitative estimate of drug-likeness (QED) is 0.130. The molecular formula is C67H85NO8. The Morgan fingerprint density at radius 2 is 0.487 bits per heavy atom. The number of non-ortho nitro benzene ring substituents is 1. The number of hydrogen-bond donors (Lipinski definition) is 1. The second kappa shape index (κ2) is 21.2. The number of nitro benzene ring substituents is 1. The minimum absolute atomic E-state index is 0.00350. The molecule has 9 heteroatoms. The Morgan fingerprint density at radius 3 is 0.618 bits per heavy atom. The molecule has 0 aromatic heterocycles. The lowest BCUT2D eigenvalue weighted by Gasteiger charge is -2.28. The monoisotopic (exact) mass is 1030 g/mol. The molecular weight excluding hydrogens is 947 g/mol. The smallest absolute Gasteiger partial charge is 0.270 e. The average molecular weight is 1030 g/mol. The summed E-state index contributed by atoms with van der Waals surface area (Å²) in [6, 6.07) is 25.4. The number of phenolic OH excluding ortho intramolecular Hbond substituents is 1. The van der Waals surface area contributed by atoms with Crippen LogP contribution in [-0.4, -0.2) is 45.6 Å². The third-order valence-electron chi connectivity index (χ3n) is 15.3. The Kier molecular flexibility index (Phi) is 15.9. The van der Waals surface area contributed by atoms with E-state index in [1.807, 2.05) is 0 Å². The molecule has 1 N–H and O–H groups in total. The topological polar surface area (TPSA) is 110 Å². The number of hydrogen-bond acceptors (Lipinski definition) is 8. The average Bonchev–Trinajstić information content (AvgIpc) is 3.31. The molecule has 6 aromatic carbocycles. The van der Waals surface area contributed by atoms with Gasteiger partial charge in [0.1, 0.15) is 34.5 Å². The number of nitro groups is 1. The van der Waals surface area contributed by atoms with Crippen molar-refractivity contribution in [1.29, 1.82) is 0 Å². The second-order valence-corrected chi connectivity index (χ2v) is 26.3. The first-order valence-corrected chi connectivity index (χ1v) is 26.8. The molecule has 76 heavy (non-hydrogen) atoms. The maximum Gasteiger partial charge on any atom is 0.270 e. The number of methoxy groups -OCH3 is 5. The van der Waals surface area contributed by atoms with E-state index < -0.39 is 0 Å². The number of phenols is 1. The Balaban J connectivity index is 1.64. The van der Waals surface area contributed by atoms with Gasteiger partial charge in [0.2, 0.25) is 0 Å². The molecule has 6 aromatic rings. The zero-order valence-corrected chi connectivity index (χ0v) is 49.4. The van der Waals surface area contributed by atoms with Crippen molar-refractivity contribution in [3.05, 3.63) is 177 Å². The van der Waals surface area contributed by atoms with Crippen LogP contribution in [0.5, 0.6) is 34.5 Å². The van der Waals surface area contributed by atoms with Gasteiger partial charge in [0.25, 0.3) is 5.69 Å². The molecule has 1 aliphatic carbocycles. The van der Waals surface area contributed by atoms with Crippen LogP contribution in [-0.2, 0) is 65.6 Å². The van der Waals surface area contributed by atoms with Crippen LogP contribution in [0.3, 0.4) is 0 Å². The highest BCUT2D eigenvalue weighted by molar-refractivity contribution is 5.62. The van der Waals surface area contributed by atoms with Crippen molar-refractivity contribution in [3.8, 4) is 34.5 Å². The fraction of sp³-hybridized carbons (Fsp3) is 0.463. The van der Waals surface area contributed by atoms with Crippen LogP contribution in [0.15, 0.2) is 72.8 Å². The lowest BCUT2D eigenvalue weighted by Crippen LogP contribution is -2.16. The molecule has 0 radical (unpaired) electrons. The van der Waals surface area contributed by atoms with E-state index in [2.05, 4.69) is 165 Å². The molecule has 0 fully saturated rings. The normalized spacial score (nSPS) is 13.6. The van der Waals surface area contributed by atoms with Crippen molar-refractivity contribution in [3.63, 3.8) is 0 Å². The van der Waals surface area contributed by atoms with E-state index in [0.29, 0.717) is 48.3 Å². The zero-order chi connectivity index (χ0) is 56.2. The molecule has 0 amide bonds. The van der Waals surface area contributed by atoms with E-state index in [0.717, 1.165) is 84.0 Å². The first kappa shape index (κ1) is 57.2. The number of fused-ring (bicyclic) bond motifs is 12. The van der Waals surface area contributed by atoms with Gasteiger partial charge in [-0.1, -0.05) is 165 Å². The molecule has 12 bridgehead atoms. The lowest BCUT2D eigenvalue weighted by atomic mass is 9.79. The van der Waals surface area contributed by atoms with Gasteiger partial charge in [0, 0.05) is 61.8 Å². The van der Waals surface area contributed by atoms with Crippen LogP contribution >= 0.6 is 0 Å². The molecule has 0 saturated carbocycles. The highest BCUT2D eigenvalue weighted by Crippen LogP contribution is 2.45. The summed E-state index contributed by atoms with van der Waals surface area (Å²) in [4.78, 5) is 12.5. The van der Waals surface area contributed by atoms with Gasteiger partial charge in [-0.2, -0.15) is 0 Å². The van der Waals surface area contributed by atoms with Crippen LogP contribution in [0.4, 0.5) is 5.69 Å². The Hall–Kier alpha value is -6.48. The third kappa shape index (κ3) is 12.0. The number of ether oxygens (including phenoxy) is 5. The predicted molar refractivity (Wildman–Crippen MR) is 310 cm³/mol. The fourth-order valence-corrected chi connectivity index (χ4v) is 10.9. The van der Waals surface area contributed by atoms with E-state index in [1.165, 1.54) is 28.8 Å². The predicted octanol–water partition coefficient (Wildman–Crippen LogP) is 15.7.